The number of carbonyl (C=O) groups excluding carboxylic acids is 1. The van der Waals surface area contributed by atoms with Crippen molar-refractivity contribution < 1.29 is 24.1 Å². The predicted octanol–water partition coefficient (Wildman–Crippen LogP) is 3.41. The van der Waals surface area contributed by atoms with Crippen LogP contribution in [0.4, 0.5) is 0 Å². The van der Waals surface area contributed by atoms with Gasteiger partial charge in [-0.1, -0.05) is 36.4 Å². The van der Waals surface area contributed by atoms with Crippen molar-refractivity contribution in [2.75, 3.05) is 7.11 Å². The number of phenolic OH excluding ortho intramolecular Hbond substituents is 1. The summed E-state index contributed by atoms with van der Waals surface area (Å²) in [5.41, 5.74) is 0.952. The fourth-order valence-electron chi connectivity index (χ4n) is 2.39. The number of methoxy groups -OCH3 is 1. The predicted molar refractivity (Wildman–Crippen MR) is 85.2 cm³/mol. The minimum absolute atomic E-state index is 0.0670. The van der Waals surface area contributed by atoms with E-state index >= 15 is 0 Å². The maximum Gasteiger partial charge on any atom is 0.239 e. The van der Waals surface area contributed by atoms with E-state index in [0.717, 1.165) is 5.56 Å². The largest absolute Gasteiger partial charge is 0.507 e. The summed E-state index contributed by atoms with van der Waals surface area (Å²) in [4.78, 5) is 12.5. The Hall–Kier alpha value is -2.95. The van der Waals surface area contributed by atoms with Crippen molar-refractivity contribution in [2.45, 2.75) is 13.2 Å². The molecule has 1 heterocycles. The highest BCUT2D eigenvalue weighted by Crippen LogP contribution is 2.49. The average molecular weight is 312 g/mol. The molecule has 0 spiro atoms. The molecular formula is C18H16O5. The van der Waals surface area contributed by atoms with Crippen LogP contribution < -0.4 is 14.2 Å². The molecule has 1 unspecified atom stereocenters. The van der Waals surface area contributed by atoms with Crippen molar-refractivity contribution in [3.05, 3.63) is 53.6 Å². The molecule has 5 heteroatoms. The summed E-state index contributed by atoms with van der Waals surface area (Å²) in [6, 6.07) is 10.8. The van der Waals surface area contributed by atoms with Crippen LogP contribution in [-0.2, 0) is 0 Å². The fraction of sp³-hybridized carbons (Fsp3) is 0.167. The van der Waals surface area contributed by atoms with Crippen molar-refractivity contribution in [1.29, 1.82) is 0 Å². The van der Waals surface area contributed by atoms with Gasteiger partial charge in [0, 0.05) is 13.0 Å². The van der Waals surface area contributed by atoms with Gasteiger partial charge in [0.15, 0.2) is 17.3 Å². The number of rotatable bonds is 4. The first-order valence-electron chi connectivity index (χ1n) is 7.15. The van der Waals surface area contributed by atoms with E-state index in [9.17, 15) is 9.90 Å². The van der Waals surface area contributed by atoms with Gasteiger partial charge in [0.05, 0.1) is 7.11 Å². The molecule has 0 radical (unpaired) electrons. The third kappa shape index (κ3) is 2.85. The molecule has 0 fully saturated rings. The Morgan fingerprint density at radius 3 is 2.61 bits per heavy atom. The quantitative estimate of drug-likeness (QED) is 0.692. The van der Waals surface area contributed by atoms with Crippen LogP contribution in [0.25, 0.3) is 6.08 Å². The molecule has 0 saturated heterocycles. The lowest BCUT2D eigenvalue weighted by atomic mass is 10.1. The van der Waals surface area contributed by atoms with E-state index in [1.54, 1.807) is 13.0 Å². The number of benzene rings is 2. The third-order valence-corrected chi connectivity index (χ3v) is 3.44. The average Bonchev–Trinajstić information content (AvgIpc) is 2.93. The molecule has 0 aromatic heterocycles. The SMILES string of the molecule is COc1cc(O)c(C(=O)/C=C/c2ccccc2)c2c1OC(C)O2. The smallest absolute Gasteiger partial charge is 0.239 e. The molecule has 2 aromatic rings. The highest BCUT2D eigenvalue weighted by atomic mass is 16.7. The summed E-state index contributed by atoms with van der Waals surface area (Å²) >= 11 is 0. The molecule has 5 nitrogen and oxygen atoms in total. The van der Waals surface area contributed by atoms with Gasteiger partial charge in [0.2, 0.25) is 12.0 Å². The van der Waals surface area contributed by atoms with Crippen LogP contribution in [0.3, 0.4) is 0 Å². The van der Waals surface area contributed by atoms with Crippen LogP contribution in [0, 0.1) is 0 Å². The second-order valence-electron chi connectivity index (χ2n) is 5.04. The Bertz CT molecular complexity index is 765. The van der Waals surface area contributed by atoms with E-state index in [1.165, 1.54) is 19.3 Å². The topological polar surface area (TPSA) is 65.0 Å². The monoisotopic (exact) mass is 312 g/mol. The zero-order chi connectivity index (χ0) is 16.4. The van der Waals surface area contributed by atoms with Crippen molar-refractivity contribution in [2.24, 2.45) is 0 Å². The first-order valence-corrected chi connectivity index (χ1v) is 7.15. The number of hydrogen-bond donors (Lipinski definition) is 1. The highest BCUT2D eigenvalue weighted by molar-refractivity contribution is 6.11. The highest BCUT2D eigenvalue weighted by Gasteiger charge is 2.32. The lowest BCUT2D eigenvalue weighted by Gasteiger charge is -2.09. The van der Waals surface area contributed by atoms with Crippen LogP contribution in [0.1, 0.15) is 22.8 Å². The number of hydrogen-bond acceptors (Lipinski definition) is 5. The van der Waals surface area contributed by atoms with Gasteiger partial charge in [0.1, 0.15) is 11.3 Å². The van der Waals surface area contributed by atoms with Gasteiger partial charge in [-0.15, -0.1) is 0 Å². The van der Waals surface area contributed by atoms with Gasteiger partial charge in [-0.25, -0.2) is 0 Å². The van der Waals surface area contributed by atoms with E-state index in [2.05, 4.69) is 0 Å². The van der Waals surface area contributed by atoms with Gasteiger partial charge < -0.3 is 19.3 Å². The number of ether oxygens (including phenoxy) is 3. The maximum absolute atomic E-state index is 12.5. The van der Waals surface area contributed by atoms with Crippen molar-refractivity contribution >= 4 is 11.9 Å². The Morgan fingerprint density at radius 1 is 1.22 bits per heavy atom. The van der Waals surface area contributed by atoms with Crippen molar-refractivity contribution in [3.63, 3.8) is 0 Å². The van der Waals surface area contributed by atoms with Gasteiger partial charge in [-0.2, -0.15) is 0 Å². The van der Waals surface area contributed by atoms with Crippen molar-refractivity contribution in [3.8, 4) is 23.0 Å². The Kier molecular flexibility index (Phi) is 3.93. The van der Waals surface area contributed by atoms with E-state index in [0.29, 0.717) is 11.5 Å². The lowest BCUT2D eigenvalue weighted by Crippen LogP contribution is -2.12. The minimum Gasteiger partial charge on any atom is -0.507 e. The molecule has 0 saturated carbocycles. The standard InChI is InChI=1S/C18H16O5/c1-11-22-17-15(21-2)10-14(20)16(18(17)23-11)13(19)9-8-12-6-4-3-5-7-12/h3-11,20H,1-2H3/b9-8+. The van der Waals surface area contributed by atoms with Crippen LogP contribution in [0.2, 0.25) is 0 Å². The van der Waals surface area contributed by atoms with E-state index in [1.807, 2.05) is 30.3 Å². The molecule has 2 aromatic carbocycles. The van der Waals surface area contributed by atoms with E-state index in [-0.39, 0.29) is 22.8 Å². The van der Waals surface area contributed by atoms with E-state index in [4.69, 9.17) is 14.2 Å². The zero-order valence-corrected chi connectivity index (χ0v) is 12.8. The number of fused-ring (bicyclic) bond motifs is 1. The maximum atomic E-state index is 12.5. The molecule has 23 heavy (non-hydrogen) atoms. The zero-order valence-electron chi connectivity index (χ0n) is 12.8. The first-order chi connectivity index (χ1) is 11.1. The van der Waals surface area contributed by atoms with Gasteiger partial charge >= 0.3 is 0 Å². The number of allylic oxidation sites excluding steroid dienone is 1. The second-order valence-corrected chi connectivity index (χ2v) is 5.04. The Balaban J connectivity index is 1.98. The van der Waals surface area contributed by atoms with Gasteiger partial charge in [-0.3, -0.25) is 4.79 Å². The summed E-state index contributed by atoms with van der Waals surface area (Å²) in [5.74, 6) is 0.278. The molecule has 118 valence electrons. The van der Waals surface area contributed by atoms with Crippen LogP contribution in [0.5, 0.6) is 23.0 Å². The number of ketones is 1. The Morgan fingerprint density at radius 2 is 1.91 bits per heavy atom. The molecule has 1 aliphatic heterocycles. The van der Waals surface area contributed by atoms with Crippen molar-refractivity contribution in [1.82, 2.24) is 0 Å². The van der Waals surface area contributed by atoms with Gasteiger partial charge in [0.25, 0.3) is 0 Å². The summed E-state index contributed by atoms with van der Waals surface area (Å²) in [7, 11) is 1.46. The van der Waals surface area contributed by atoms with E-state index < -0.39 is 6.29 Å². The molecule has 1 N–H and O–H groups in total. The lowest BCUT2D eigenvalue weighted by molar-refractivity contribution is 0.0657. The molecule has 3 rings (SSSR count). The second kappa shape index (κ2) is 6.04. The normalized spacial score (nSPS) is 15.8. The van der Waals surface area contributed by atoms with Crippen LogP contribution in [-0.4, -0.2) is 24.3 Å². The van der Waals surface area contributed by atoms with Crippen LogP contribution in [0.15, 0.2) is 42.5 Å². The van der Waals surface area contributed by atoms with Gasteiger partial charge in [-0.05, 0) is 11.6 Å². The summed E-state index contributed by atoms with van der Waals surface area (Å²) < 4.78 is 16.2. The molecule has 1 aliphatic rings. The Labute approximate surface area is 133 Å². The molecule has 0 bridgehead atoms. The molecule has 1 atom stereocenters. The fourth-order valence-corrected chi connectivity index (χ4v) is 2.39. The number of aromatic hydroxyl groups is 1. The first kappa shape index (κ1) is 15.0. The third-order valence-electron chi connectivity index (χ3n) is 3.44. The minimum atomic E-state index is -0.551. The summed E-state index contributed by atoms with van der Waals surface area (Å²) in [6.07, 6.45) is 2.52. The molecule has 0 amide bonds. The number of phenols is 1. The van der Waals surface area contributed by atoms with Crippen LogP contribution >= 0.6 is 0 Å². The summed E-state index contributed by atoms with van der Waals surface area (Å²) in [6.45, 7) is 1.70. The molecule has 0 aliphatic carbocycles. The summed E-state index contributed by atoms with van der Waals surface area (Å²) in [5, 5.41) is 10.2. The molecular weight excluding hydrogens is 296 g/mol. The number of carbonyl (C=O) groups is 1.